The average molecular weight is 361 g/mol. The largest absolute Gasteiger partial charge is 0.459 e. The molecule has 0 radical (unpaired) electrons. The Morgan fingerprint density at radius 2 is 1.96 bits per heavy atom. The number of nitrogens with zero attached hydrogens (tertiary/aromatic N) is 2. The summed E-state index contributed by atoms with van der Waals surface area (Å²) in [6.07, 6.45) is 1.51. The van der Waals surface area contributed by atoms with Crippen LogP contribution in [0.5, 0.6) is 0 Å². The fourth-order valence-corrected chi connectivity index (χ4v) is 2.62. The van der Waals surface area contributed by atoms with E-state index in [1.807, 2.05) is 26.0 Å². The molecule has 2 aromatic heterocycles. The summed E-state index contributed by atoms with van der Waals surface area (Å²) in [5.41, 5.74) is 0.853. The van der Waals surface area contributed by atoms with Gasteiger partial charge in [0.25, 0.3) is 11.8 Å². The SMILES string of the molecule is CC(C)[C@@H](C(=O)OCc1nnc(-c2ccco2)o1)c1ccc(Cl)cc1. The smallest absolute Gasteiger partial charge is 0.314 e. The van der Waals surface area contributed by atoms with Crippen molar-refractivity contribution >= 4 is 17.6 Å². The number of rotatable bonds is 6. The number of benzene rings is 1. The Kier molecular flexibility index (Phi) is 5.19. The Bertz CT molecular complexity index is 825. The molecule has 2 heterocycles. The molecule has 0 fully saturated rings. The van der Waals surface area contributed by atoms with E-state index in [2.05, 4.69) is 10.2 Å². The molecule has 0 aliphatic rings. The first kappa shape index (κ1) is 17.2. The van der Waals surface area contributed by atoms with Crippen LogP contribution in [0.15, 0.2) is 51.5 Å². The van der Waals surface area contributed by atoms with Gasteiger partial charge in [0, 0.05) is 5.02 Å². The number of halogens is 1. The van der Waals surface area contributed by atoms with Crippen LogP contribution in [0.25, 0.3) is 11.7 Å². The topological polar surface area (TPSA) is 78.4 Å². The minimum atomic E-state index is -0.398. The van der Waals surface area contributed by atoms with Crippen LogP contribution in [0.3, 0.4) is 0 Å². The van der Waals surface area contributed by atoms with Gasteiger partial charge in [-0.25, -0.2) is 0 Å². The Hall–Kier alpha value is -2.60. The van der Waals surface area contributed by atoms with Crippen LogP contribution < -0.4 is 0 Å². The third-order valence-corrected chi connectivity index (χ3v) is 3.94. The van der Waals surface area contributed by atoms with Crippen molar-refractivity contribution in [1.82, 2.24) is 10.2 Å². The molecule has 0 amide bonds. The summed E-state index contributed by atoms with van der Waals surface area (Å²) in [6, 6.07) is 10.6. The van der Waals surface area contributed by atoms with Crippen molar-refractivity contribution in [2.75, 3.05) is 0 Å². The fraction of sp³-hybridized carbons (Fsp3) is 0.278. The van der Waals surface area contributed by atoms with E-state index in [1.165, 1.54) is 6.26 Å². The van der Waals surface area contributed by atoms with Crippen LogP contribution in [-0.4, -0.2) is 16.2 Å². The molecule has 130 valence electrons. The summed E-state index contributed by atoms with van der Waals surface area (Å²) in [4.78, 5) is 12.5. The van der Waals surface area contributed by atoms with E-state index in [0.29, 0.717) is 10.8 Å². The molecule has 0 saturated heterocycles. The molecule has 0 unspecified atom stereocenters. The monoisotopic (exact) mass is 360 g/mol. The fourth-order valence-electron chi connectivity index (χ4n) is 2.50. The number of aromatic nitrogens is 2. The first-order valence-corrected chi connectivity index (χ1v) is 8.20. The van der Waals surface area contributed by atoms with Gasteiger partial charge in [0.1, 0.15) is 0 Å². The number of hydrogen-bond donors (Lipinski definition) is 0. The second kappa shape index (κ2) is 7.53. The van der Waals surface area contributed by atoms with Crippen LogP contribution in [-0.2, 0) is 16.1 Å². The number of hydrogen-bond acceptors (Lipinski definition) is 6. The maximum absolute atomic E-state index is 12.5. The lowest BCUT2D eigenvalue weighted by atomic mass is 9.88. The van der Waals surface area contributed by atoms with Gasteiger partial charge >= 0.3 is 5.97 Å². The highest BCUT2D eigenvalue weighted by molar-refractivity contribution is 6.30. The van der Waals surface area contributed by atoms with Gasteiger partial charge in [0.2, 0.25) is 0 Å². The van der Waals surface area contributed by atoms with Crippen LogP contribution in [0.1, 0.15) is 31.2 Å². The zero-order chi connectivity index (χ0) is 17.8. The molecule has 3 aromatic rings. The summed E-state index contributed by atoms with van der Waals surface area (Å²) in [7, 11) is 0. The molecule has 7 heteroatoms. The molecule has 0 spiro atoms. The van der Waals surface area contributed by atoms with Crippen LogP contribution >= 0.6 is 11.6 Å². The third-order valence-electron chi connectivity index (χ3n) is 3.69. The van der Waals surface area contributed by atoms with Crippen molar-refractivity contribution in [3.63, 3.8) is 0 Å². The van der Waals surface area contributed by atoms with Gasteiger partial charge < -0.3 is 13.6 Å². The van der Waals surface area contributed by atoms with E-state index in [0.717, 1.165) is 5.56 Å². The van der Waals surface area contributed by atoms with Gasteiger partial charge in [-0.15, -0.1) is 10.2 Å². The molecule has 0 aliphatic heterocycles. The minimum absolute atomic E-state index is 0.0649. The maximum atomic E-state index is 12.5. The Balaban J connectivity index is 1.67. The second-order valence-electron chi connectivity index (χ2n) is 5.86. The van der Waals surface area contributed by atoms with Crippen LogP contribution in [0.4, 0.5) is 0 Å². The highest BCUT2D eigenvalue weighted by atomic mass is 35.5. The van der Waals surface area contributed by atoms with Gasteiger partial charge in [-0.2, -0.15) is 0 Å². The summed E-state index contributed by atoms with van der Waals surface area (Å²) >= 11 is 5.91. The van der Waals surface area contributed by atoms with E-state index in [9.17, 15) is 4.79 Å². The molecule has 6 nitrogen and oxygen atoms in total. The lowest BCUT2D eigenvalue weighted by Gasteiger charge is -2.19. The van der Waals surface area contributed by atoms with E-state index in [-0.39, 0.29) is 30.3 Å². The molecule has 0 bridgehead atoms. The standard InChI is InChI=1S/C18H17ClN2O4/c1-11(2)16(12-5-7-13(19)8-6-12)18(22)24-10-15-20-21-17(25-15)14-4-3-9-23-14/h3-9,11,16H,10H2,1-2H3/t16-/m1/s1. The molecule has 1 aromatic carbocycles. The summed E-state index contributed by atoms with van der Waals surface area (Å²) < 4.78 is 16.0. The lowest BCUT2D eigenvalue weighted by Crippen LogP contribution is -2.20. The van der Waals surface area contributed by atoms with Gasteiger partial charge in [0.05, 0.1) is 12.2 Å². The number of carbonyl (C=O) groups excluding carboxylic acids is 1. The zero-order valence-electron chi connectivity index (χ0n) is 13.8. The predicted molar refractivity (Wildman–Crippen MR) is 90.8 cm³/mol. The molecule has 3 rings (SSSR count). The highest BCUT2D eigenvalue weighted by Crippen LogP contribution is 2.27. The second-order valence-corrected chi connectivity index (χ2v) is 6.30. The van der Waals surface area contributed by atoms with Crippen molar-refractivity contribution < 1.29 is 18.4 Å². The summed E-state index contributed by atoms with van der Waals surface area (Å²) in [5.74, 6) is 0.230. The predicted octanol–water partition coefficient (Wildman–Crippen LogP) is 4.47. The van der Waals surface area contributed by atoms with E-state index in [4.69, 9.17) is 25.2 Å². The first-order valence-electron chi connectivity index (χ1n) is 7.83. The van der Waals surface area contributed by atoms with E-state index < -0.39 is 5.92 Å². The minimum Gasteiger partial charge on any atom is -0.459 e. The van der Waals surface area contributed by atoms with Crippen molar-refractivity contribution in [3.05, 3.63) is 59.1 Å². The molecular formula is C18H17ClN2O4. The molecule has 0 N–H and O–H groups in total. The van der Waals surface area contributed by atoms with Crippen LogP contribution in [0, 0.1) is 5.92 Å². The number of esters is 1. The maximum Gasteiger partial charge on any atom is 0.314 e. The lowest BCUT2D eigenvalue weighted by molar-refractivity contribution is -0.148. The van der Waals surface area contributed by atoms with E-state index >= 15 is 0 Å². The van der Waals surface area contributed by atoms with E-state index in [1.54, 1.807) is 24.3 Å². The van der Waals surface area contributed by atoms with Crippen molar-refractivity contribution in [2.24, 2.45) is 5.92 Å². The van der Waals surface area contributed by atoms with Gasteiger partial charge in [0.15, 0.2) is 12.4 Å². The number of furan rings is 1. The summed E-state index contributed by atoms with van der Waals surface area (Å²) in [6.45, 7) is 3.83. The number of carbonyl (C=O) groups is 1. The van der Waals surface area contributed by atoms with Crippen molar-refractivity contribution in [2.45, 2.75) is 26.4 Å². The Labute approximate surface area is 149 Å². The first-order chi connectivity index (χ1) is 12.0. The van der Waals surface area contributed by atoms with Crippen molar-refractivity contribution in [3.8, 4) is 11.7 Å². The highest BCUT2D eigenvalue weighted by Gasteiger charge is 2.26. The molecule has 25 heavy (non-hydrogen) atoms. The number of ether oxygens (including phenoxy) is 1. The van der Waals surface area contributed by atoms with Gasteiger partial charge in [-0.1, -0.05) is 37.6 Å². The Morgan fingerprint density at radius 3 is 2.60 bits per heavy atom. The molecule has 0 saturated carbocycles. The van der Waals surface area contributed by atoms with Gasteiger partial charge in [-0.3, -0.25) is 4.79 Å². The Morgan fingerprint density at radius 1 is 1.20 bits per heavy atom. The molecule has 0 aliphatic carbocycles. The normalized spacial score (nSPS) is 12.3. The van der Waals surface area contributed by atoms with Crippen LogP contribution in [0.2, 0.25) is 5.02 Å². The third kappa shape index (κ3) is 4.09. The molecular weight excluding hydrogens is 344 g/mol. The van der Waals surface area contributed by atoms with Crippen molar-refractivity contribution in [1.29, 1.82) is 0 Å². The summed E-state index contributed by atoms with van der Waals surface area (Å²) in [5, 5.41) is 8.35. The van der Waals surface area contributed by atoms with Gasteiger partial charge in [-0.05, 0) is 35.7 Å². The zero-order valence-corrected chi connectivity index (χ0v) is 14.6. The average Bonchev–Trinajstić information content (AvgIpc) is 3.26. The molecule has 1 atom stereocenters. The quantitative estimate of drug-likeness (QED) is 0.603.